The zero-order valence-corrected chi connectivity index (χ0v) is 19.8. The molecule has 12 heteroatoms. The molecule has 1 heterocycles. The Hall–Kier alpha value is -3.80. The first kappa shape index (κ1) is 25.8. The lowest BCUT2D eigenvalue weighted by Gasteiger charge is -2.17. The minimum Gasteiger partial charge on any atom is -0.497 e. The number of alkyl halides is 3. The average molecular weight is 511 g/mol. The Balaban J connectivity index is 2.61. The van der Waals surface area contributed by atoms with Gasteiger partial charge in [0.2, 0.25) is 0 Å². The molecule has 0 aliphatic heterocycles. The van der Waals surface area contributed by atoms with E-state index in [2.05, 4.69) is 9.47 Å². The number of nitrogens with zero attached hydrogens (tertiary/aromatic N) is 1. The molecular weight excluding hydrogens is 491 g/mol. The van der Waals surface area contributed by atoms with Crippen molar-refractivity contribution in [2.24, 2.45) is 0 Å². The molecule has 0 bridgehead atoms. The molecular formula is C23H20F3NO7S. The van der Waals surface area contributed by atoms with Crippen molar-refractivity contribution in [3.63, 3.8) is 0 Å². The summed E-state index contributed by atoms with van der Waals surface area (Å²) in [5.74, 6) is -2.61. The second-order valence-electron chi connectivity index (χ2n) is 7.24. The number of ether oxygens (including phenoxy) is 3. The summed E-state index contributed by atoms with van der Waals surface area (Å²) in [6.45, 7) is 1.67. The summed E-state index contributed by atoms with van der Waals surface area (Å²) in [6.07, 6.45) is -5.39. The Kier molecular flexibility index (Phi) is 6.97. The summed E-state index contributed by atoms with van der Waals surface area (Å²) in [7, 11) is -1.94. The number of benzene rings is 2. The van der Waals surface area contributed by atoms with Gasteiger partial charge in [-0.15, -0.1) is 0 Å². The summed E-state index contributed by atoms with van der Waals surface area (Å²) in [5, 5.41) is 0. The van der Waals surface area contributed by atoms with Crippen molar-refractivity contribution in [1.82, 2.24) is 3.97 Å². The van der Waals surface area contributed by atoms with Crippen LogP contribution in [0.1, 0.15) is 32.0 Å². The van der Waals surface area contributed by atoms with Gasteiger partial charge in [0.05, 0.1) is 31.9 Å². The predicted octanol–water partition coefficient (Wildman–Crippen LogP) is 4.30. The molecule has 186 valence electrons. The fraction of sp³-hybridized carbons (Fsp3) is 0.217. The molecule has 0 N–H and O–H groups in total. The van der Waals surface area contributed by atoms with Gasteiger partial charge < -0.3 is 14.2 Å². The third-order valence-corrected chi connectivity index (χ3v) is 6.81. The van der Waals surface area contributed by atoms with E-state index in [1.54, 1.807) is 6.92 Å². The van der Waals surface area contributed by atoms with Crippen molar-refractivity contribution in [2.75, 3.05) is 21.3 Å². The summed E-state index contributed by atoms with van der Waals surface area (Å²) in [6, 6.07) is 10.3. The van der Waals surface area contributed by atoms with Gasteiger partial charge in [-0.05, 0) is 43.3 Å². The Bertz CT molecular complexity index is 1370. The maximum Gasteiger partial charge on any atom is 0.433 e. The number of aromatic nitrogens is 1. The maximum absolute atomic E-state index is 14.4. The van der Waals surface area contributed by atoms with Crippen molar-refractivity contribution in [3.8, 4) is 17.0 Å². The highest BCUT2D eigenvalue weighted by Gasteiger charge is 2.48. The molecule has 0 saturated heterocycles. The molecule has 0 saturated carbocycles. The molecule has 0 unspecified atom stereocenters. The molecule has 0 aliphatic carbocycles. The Morgan fingerprint density at radius 2 is 1.34 bits per heavy atom. The molecule has 2 aromatic carbocycles. The Morgan fingerprint density at radius 3 is 1.80 bits per heavy atom. The molecule has 0 aliphatic rings. The van der Waals surface area contributed by atoms with Crippen molar-refractivity contribution < 1.29 is 45.4 Å². The van der Waals surface area contributed by atoms with Gasteiger partial charge in [-0.25, -0.2) is 22.0 Å². The molecule has 0 amide bonds. The van der Waals surface area contributed by atoms with E-state index < -0.39 is 55.5 Å². The van der Waals surface area contributed by atoms with E-state index in [0.29, 0.717) is 11.3 Å². The number of hydrogen-bond donors (Lipinski definition) is 0. The molecule has 35 heavy (non-hydrogen) atoms. The van der Waals surface area contributed by atoms with E-state index in [0.717, 1.165) is 26.4 Å². The van der Waals surface area contributed by atoms with Gasteiger partial charge in [0.1, 0.15) is 16.9 Å². The maximum atomic E-state index is 14.4. The number of aryl methyl sites for hydroxylation is 1. The molecule has 0 spiro atoms. The Labute approximate surface area is 198 Å². The zero-order valence-electron chi connectivity index (χ0n) is 19.0. The average Bonchev–Trinajstić information content (AvgIpc) is 3.21. The van der Waals surface area contributed by atoms with Crippen LogP contribution in [0.15, 0.2) is 53.4 Å². The fourth-order valence-electron chi connectivity index (χ4n) is 3.48. The van der Waals surface area contributed by atoms with Crippen molar-refractivity contribution >= 4 is 22.0 Å². The van der Waals surface area contributed by atoms with Crippen molar-refractivity contribution in [3.05, 3.63) is 70.9 Å². The van der Waals surface area contributed by atoms with Crippen LogP contribution in [0.2, 0.25) is 0 Å². The van der Waals surface area contributed by atoms with Gasteiger partial charge in [0.25, 0.3) is 10.0 Å². The van der Waals surface area contributed by atoms with Crippen LogP contribution in [-0.2, 0) is 25.7 Å². The molecule has 8 nitrogen and oxygen atoms in total. The third-order valence-electron chi connectivity index (χ3n) is 5.10. The van der Waals surface area contributed by atoms with Crippen molar-refractivity contribution in [1.29, 1.82) is 0 Å². The van der Waals surface area contributed by atoms with Gasteiger partial charge in [-0.1, -0.05) is 17.7 Å². The number of hydrogen-bond acceptors (Lipinski definition) is 7. The van der Waals surface area contributed by atoms with E-state index in [1.807, 2.05) is 0 Å². The standard InChI is InChI=1S/C23H20F3NO7S/c1-13-5-11-16(12-6-13)35(30,31)27-19(14-7-9-15(32-2)10-8-14)17(21(28)33-3)18(22(29)34-4)20(27)23(24,25)26/h5-12H,1-4H3. The van der Waals surface area contributed by atoms with Crippen LogP contribution in [0.3, 0.4) is 0 Å². The van der Waals surface area contributed by atoms with E-state index in [-0.39, 0.29) is 9.54 Å². The minimum atomic E-state index is -5.39. The highest BCUT2D eigenvalue weighted by Crippen LogP contribution is 2.43. The highest BCUT2D eigenvalue weighted by atomic mass is 32.2. The molecule has 1 aromatic heterocycles. The number of carbonyl (C=O) groups excluding carboxylic acids is 2. The van der Waals surface area contributed by atoms with Crippen LogP contribution < -0.4 is 4.74 Å². The van der Waals surface area contributed by atoms with Crippen LogP contribution in [-0.4, -0.2) is 45.7 Å². The number of methoxy groups -OCH3 is 3. The third kappa shape index (κ3) is 4.61. The molecule has 3 rings (SSSR count). The quantitative estimate of drug-likeness (QED) is 0.455. The smallest absolute Gasteiger partial charge is 0.433 e. The van der Waals surface area contributed by atoms with Crippen LogP contribution >= 0.6 is 0 Å². The first-order chi connectivity index (χ1) is 16.4. The lowest BCUT2D eigenvalue weighted by molar-refractivity contribution is -0.142. The van der Waals surface area contributed by atoms with Crippen LogP contribution in [0.25, 0.3) is 11.3 Å². The molecule has 0 atom stereocenters. The van der Waals surface area contributed by atoms with E-state index in [1.165, 1.54) is 43.5 Å². The normalized spacial score (nSPS) is 11.7. The fourth-order valence-corrected chi connectivity index (χ4v) is 5.04. The lowest BCUT2D eigenvalue weighted by atomic mass is 10.0. The highest BCUT2D eigenvalue weighted by molar-refractivity contribution is 7.90. The second kappa shape index (κ2) is 9.45. The van der Waals surface area contributed by atoms with E-state index >= 15 is 0 Å². The van der Waals surface area contributed by atoms with Gasteiger partial charge in [-0.3, -0.25) is 0 Å². The van der Waals surface area contributed by atoms with Gasteiger partial charge in [0.15, 0.2) is 5.69 Å². The van der Waals surface area contributed by atoms with E-state index in [9.17, 15) is 31.2 Å². The van der Waals surface area contributed by atoms with Gasteiger partial charge in [-0.2, -0.15) is 13.2 Å². The largest absolute Gasteiger partial charge is 0.497 e. The SMILES string of the molecule is COC(=O)c1c(C(=O)OC)c(C(F)(F)F)n(S(=O)(=O)c2ccc(C)cc2)c1-c1ccc(OC)cc1. The lowest BCUT2D eigenvalue weighted by Crippen LogP contribution is -2.24. The number of rotatable bonds is 6. The monoisotopic (exact) mass is 511 g/mol. The Morgan fingerprint density at radius 1 is 0.829 bits per heavy atom. The zero-order chi connectivity index (χ0) is 26.1. The van der Waals surface area contributed by atoms with Crippen molar-refractivity contribution in [2.45, 2.75) is 18.0 Å². The summed E-state index contributed by atoms with van der Waals surface area (Å²) in [4.78, 5) is 24.8. The molecule has 0 fully saturated rings. The number of carbonyl (C=O) groups is 2. The number of esters is 2. The summed E-state index contributed by atoms with van der Waals surface area (Å²) in [5.41, 5.74) is -4.26. The topological polar surface area (TPSA) is 101 Å². The second-order valence-corrected chi connectivity index (χ2v) is 9.03. The van der Waals surface area contributed by atoms with Crippen LogP contribution in [0.5, 0.6) is 5.75 Å². The number of halogens is 3. The first-order valence-electron chi connectivity index (χ1n) is 9.87. The van der Waals surface area contributed by atoms with Crippen LogP contribution in [0, 0.1) is 6.92 Å². The molecule has 3 aromatic rings. The van der Waals surface area contributed by atoms with E-state index in [4.69, 9.17) is 4.74 Å². The van der Waals surface area contributed by atoms with Gasteiger partial charge >= 0.3 is 18.1 Å². The molecule has 0 radical (unpaired) electrons. The van der Waals surface area contributed by atoms with Crippen LogP contribution in [0.4, 0.5) is 13.2 Å². The summed E-state index contributed by atoms with van der Waals surface area (Å²) >= 11 is 0. The first-order valence-corrected chi connectivity index (χ1v) is 11.3. The predicted molar refractivity (Wildman–Crippen MR) is 118 cm³/mol. The summed E-state index contributed by atoms with van der Waals surface area (Å²) < 4.78 is 84.8. The van der Waals surface area contributed by atoms with Gasteiger partial charge in [0, 0.05) is 5.56 Å². The minimum absolute atomic E-state index is 0.0576.